The van der Waals surface area contributed by atoms with Gasteiger partial charge in [0.15, 0.2) is 0 Å². The van der Waals surface area contributed by atoms with Crippen LogP contribution in [0.1, 0.15) is 88.6 Å². The molecular weight excluding hydrogens is 608 g/mol. The first-order valence-corrected chi connectivity index (χ1v) is 17.6. The van der Waals surface area contributed by atoms with Crippen molar-refractivity contribution in [3.8, 4) is 16.9 Å². The molecule has 2 saturated carbocycles. The highest BCUT2D eigenvalue weighted by molar-refractivity contribution is 5.94. The Morgan fingerprint density at radius 3 is 2.40 bits per heavy atom. The van der Waals surface area contributed by atoms with E-state index in [2.05, 4.69) is 25.0 Å². The summed E-state index contributed by atoms with van der Waals surface area (Å²) >= 11 is 0. The number of aromatic nitrogens is 4. The first-order valence-electron chi connectivity index (χ1n) is 17.6. The maximum atomic E-state index is 14.4. The van der Waals surface area contributed by atoms with E-state index in [1.165, 1.54) is 0 Å². The van der Waals surface area contributed by atoms with Gasteiger partial charge in [-0.3, -0.25) is 19.4 Å². The number of anilines is 1. The first kappa shape index (κ1) is 33.9. The van der Waals surface area contributed by atoms with Crippen LogP contribution in [0.25, 0.3) is 11.1 Å². The number of nitrogens with zero attached hydrogens (tertiary/aromatic N) is 6. The number of rotatable bonds is 10. The predicted octanol–water partition coefficient (Wildman–Crippen LogP) is 6.16. The van der Waals surface area contributed by atoms with Crippen LogP contribution in [0.4, 0.5) is 10.6 Å². The molecule has 3 aliphatic rings. The third-order valence-corrected chi connectivity index (χ3v) is 10.5. The van der Waals surface area contributed by atoms with Gasteiger partial charge in [0.2, 0.25) is 5.91 Å². The third-order valence-electron chi connectivity index (χ3n) is 10.5. The number of ether oxygens (including phenoxy) is 2. The molecule has 258 valence electrons. The number of aliphatic hydroxyl groups is 1. The molecule has 11 heteroatoms. The second kappa shape index (κ2) is 15.1. The van der Waals surface area contributed by atoms with Gasteiger partial charge >= 0.3 is 6.09 Å². The quantitative estimate of drug-likeness (QED) is 0.275. The fraction of sp³-hybridized carbons (Fsp3) is 0.595. The molecule has 48 heavy (non-hydrogen) atoms. The number of carbonyl (C=O) groups is 2. The average molecular weight is 659 g/mol. The van der Waals surface area contributed by atoms with Crippen molar-refractivity contribution in [3.05, 3.63) is 54.2 Å². The zero-order chi connectivity index (χ0) is 33.8. The minimum Gasteiger partial charge on any atom is -0.495 e. The lowest BCUT2D eigenvalue weighted by Gasteiger charge is -2.39. The molecule has 2 aliphatic carbocycles. The lowest BCUT2D eigenvalue weighted by molar-refractivity contribution is -0.124. The van der Waals surface area contributed by atoms with Crippen LogP contribution in [-0.2, 0) is 9.53 Å². The van der Waals surface area contributed by atoms with Crippen LogP contribution in [0.15, 0.2) is 42.9 Å². The summed E-state index contributed by atoms with van der Waals surface area (Å²) < 4.78 is 13.1. The zero-order valence-electron chi connectivity index (χ0n) is 28.8. The summed E-state index contributed by atoms with van der Waals surface area (Å²) in [6, 6.07) is 8.36. The van der Waals surface area contributed by atoms with Gasteiger partial charge in [0, 0.05) is 73.7 Å². The second-order valence-electron chi connectivity index (χ2n) is 14.2. The van der Waals surface area contributed by atoms with Crippen molar-refractivity contribution in [2.45, 2.75) is 90.2 Å². The normalized spacial score (nSPS) is 23.1. The van der Waals surface area contributed by atoms with E-state index in [4.69, 9.17) is 19.4 Å². The zero-order valence-corrected chi connectivity index (χ0v) is 28.8. The number of hydrogen-bond acceptors (Lipinski definition) is 8. The Hall–Kier alpha value is -3.99. The minimum atomic E-state index is -0.312. The van der Waals surface area contributed by atoms with Gasteiger partial charge in [0.25, 0.3) is 0 Å². The number of hydrogen-bond donors (Lipinski definition) is 1. The SMILES string of the molecule is COc1ccc(C2CCC(CN(C(=O)C3CCC(OC(=O)N4CC(CO)C4)CC3)c3cc(-c4cnn(C(C)C)c4)ccn3)CC2)nc1C. The summed E-state index contributed by atoms with van der Waals surface area (Å²) in [5, 5.41) is 13.8. The van der Waals surface area contributed by atoms with Gasteiger partial charge in [-0.25, -0.2) is 9.78 Å². The minimum absolute atomic E-state index is 0.0911. The van der Waals surface area contributed by atoms with Crippen LogP contribution in [0.3, 0.4) is 0 Å². The van der Waals surface area contributed by atoms with Crippen molar-refractivity contribution in [1.29, 1.82) is 0 Å². The van der Waals surface area contributed by atoms with Crippen LogP contribution >= 0.6 is 0 Å². The van der Waals surface area contributed by atoms with Crippen LogP contribution in [0.5, 0.6) is 5.75 Å². The molecule has 3 aromatic heterocycles. The van der Waals surface area contributed by atoms with E-state index in [-0.39, 0.29) is 42.6 Å². The molecule has 1 aliphatic heterocycles. The fourth-order valence-corrected chi connectivity index (χ4v) is 7.42. The van der Waals surface area contributed by atoms with Crippen LogP contribution in [0, 0.1) is 24.7 Å². The number of aliphatic hydroxyl groups excluding tert-OH is 1. The Labute approximate surface area is 283 Å². The second-order valence-corrected chi connectivity index (χ2v) is 14.2. The maximum absolute atomic E-state index is 14.4. The molecular formula is C37H50N6O5. The molecule has 2 amide bonds. The average Bonchev–Trinajstić information content (AvgIpc) is 3.58. The molecule has 0 radical (unpaired) electrons. The molecule has 4 heterocycles. The topological polar surface area (TPSA) is 123 Å². The van der Waals surface area contributed by atoms with Crippen molar-refractivity contribution in [3.63, 3.8) is 0 Å². The molecule has 3 fully saturated rings. The smallest absolute Gasteiger partial charge is 0.410 e. The van der Waals surface area contributed by atoms with Gasteiger partial charge in [-0.05, 0) is 108 Å². The number of methoxy groups -OCH3 is 1. The van der Waals surface area contributed by atoms with Crippen molar-refractivity contribution < 1.29 is 24.2 Å². The van der Waals surface area contributed by atoms with Crippen LogP contribution in [-0.4, -0.2) is 81.2 Å². The van der Waals surface area contributed by atoms with E-state index in [1.54, 1.807) is 18.2 Å². The highest BCUT2D eigenvalue weighted by Gasteiger charge is 2.36. The Morgan fingerprint density at radius 1 is 1.00 bits per heavy atom. The summed E-state index contributed by atoms with van der Waals surface area (Å²) in [6.45, 7) is 7.99. The third kappa shape index (κ3) is 7.66. The van der Waals surface area contributed by atoms with Gasteiger partial charge in [-0.2, -0.15) is 5.10 Å². The Kier molecular flexibility index (Phi) is 10.6. The summed E-state index contributed by atoms with van der Waals surface area (Å²) in [7, 11) is 1.67. The molecule has 11 nitrogen and oxygen atoms in total. The Balaban J connectivity index is 1.14. The Bertz CT molecular complexity index is 1550. The largest absolute Gasteiger partial charge is 0.495 e. The van der Waals surface area contributed by atoms with E-state index in [9.17, 15) is 14.7 Å². The fourth-order valence-electron chi connectivity index (χ4n) is 7.42. The van der Waals surface area contributed by atoms with Gasteiger partial charge in [0.1, 0.15) is 17.7 Å². The molecule has 0 atom stereocenters. The van der Waals surface area contributed by atoms with E-state index in [0.29, 0.717) is 63.0 Å². The van der Waals surface area contributed by atoms with Gasteiger partial charge < -0.3 is 19.5 Å². The lowest BCUT2D eigenvalue weighted by Crippen LogP contribution is -2.52. The van der Waals surface area contributed by atoms with Gasteiger partial charge in [-0.15, -0.1) is 0 Å². The standard InChI is InChI=1S/C37H50N6O5/c1-24(2)43-22-31(18-39-43)30-15-16-38-35(17-30)42(21-26-5-7-28(8-6-26)33-13-14-34(47-4)25(3)40-33)36(45)29-9-11-32(12-10-29)48-37(46)41-19-27(20-41)23-44/h13-18,22,24,26-29,32,44H,5-12,19-21,23H2,1-4H3. The monoisotopic (exact) mass is 658 g/mol. The number of carbonyl (C=O) groups excluding carboxylic acids is 2. The number of amides is 2. The van der Waals surface area contributed by atoms with E-state index >= 15 is 0 Å². The summed E-state index contributed by atoms with van der Waals surface area (Å²) in [4.78, 5) is 40.1. The molecule has 0 bridgehead atoms. The summed E-state index contributed by atoms with van der Waals surface area (Å²) in [5.41, 5.74) is 4.02. The van der Waals surface area contributed by atoms with Crippen molar-refractivity contribution in [1.82, 2.24) is 24.6 Å². The molecule has 0 aromatic carbocycles. The Morgan fingerprint density at radius 2 is 1.75 bits per heavy atom. The first-order chi connectivity index (χ1) is 23.2. The van der Waals surface area contributed by atoms with Gasteiger partial charge in [-0.1, -0.05) is 0 Å². The number of pyridine rings is 2. The maximum Gasteiger partial charge on any atom is 0.410 e. The van der Waals surface area contributed by atoms with Gasteiger partial charge in [0.05, 0.1) is 19.0 Å². The van der Waals surface area contributed by atoms with E-state index in [0.717, 1.165) is 53.9 Å². The number of aryl methyl sites for hydroxylation is 1. The van der Waals surface area contributed by atoms with E-state index < -0.39 is 0 Å². The van der Waals surface area contributed by atoms with E-state index in [1.807, 2.05) is 47.1 Å². The summed E-state index contributed by atoms with van der Waals surface area (Å²) in [6.07, 6.45) is 11.9. The molecule has 0 unspecified atom stereocenters. The predicted molar refractivity (Wildman–Crippen MR) is 183 cm³/mol. The van der Waals surface area contributed by atoms with Crippen LogP contribution in [0.2, 0.25) is 0 Å². The van der Waals surface area contributed by atoms with Crippen molar-refractivity contribution >= 4 is 17.8 Å². The number of likely N-dealkylation sites (tertiary alicyclic amines) is 1. The highest BCUT2D eigenvalue weighted by Crippen LogP contribution is 2.38. The molecule has 1 N–H and O–H groups in total. The van der Waals surface area contributed by atoms with Crippen LogP contribution < -0.4 is 9.64 Å². The molecule has 1 saturated heterocycles. The lowest BCUT2D eigenvalue weighted by atomic mass is 9.79. The van der Waals surface area contributed by atoms with Crippen molar-refractivity contribution in [2.75, 3.05) is 38.3 Å². The highest BCUT2D eigenvalue weighted by atomic mass is 16.6. The molecule has 0 spiro atoms. The molecule has 6 rings (SSSR count). The summed E-state index contributed by atoms with van der Waals surface area (Å²) in [5.74, 6) is 2.34. The van der Waals surface area contributed by atoms with Crippen molar-refractivity contribution in [2.24, 2.45) is 17.8 Å². The molecule has 3 aromatic rings.